The highest BCUT2D eigenvalue weighted by Crippen LogP contribution is 2.31. The van der Waals surface area contributed by atoms with Gasteiger partial charge in [0.1, 0.15) is 12.6 Å². The Bertz CT molecular complexity index is 1720. The SMILES string of the molecule is CC[C@@H](C)NC(=O)[C@H](Cc1ccccc1)N(Cc1ccccc1Cl)C(=O)CN(c1ccccc1Cl)S(=O)(=O)c1ccc(C)cc1. The van der Waals surface area contributed by atoms with Crippen molar-refractivity contribution in [3.63, 3.8) is 0 Å². The number of anilines is 1. The Labute approximate surface area is 275 Å². The zero-order valence-corrected chi connectivity index (χ0v) is 27.8. The number of hydrogen-bond acceptors (Lipinski definition) is 4. The average Bonchev–Trinajstić information content (AvgIpc) is 3.03. The van der Waals surface area contributed by atoms with E-state index in [1.54, 1.807) is 60.7 Å². The first-order chi connectivity index (χ1) is 21.5. The summed E-state index contributed by atoms with van der Waals surface area (Å²) in [5.74, 6) is -0.940. The lowest BCUT2D eigenvalue weighted by molar-refractivity contribution is -0.140. The Morgan fingerprint density at radius 2 is 1.42 bits per heavy atom. The number of para-hydroxylation sites is 1. The van der Waals surface area contributed by atoms with Gasteiger partial charge in [-0.05, 0) is 61.7 Å². The highest BCUT2D eigenvalue weighted by atomic mass is 35.5. The van der Waals surface area contributed by atoms with Crippen LogP contribution in [0.5, 0.6) is 0 Å². The van der Waals surface area contributed by atoms with Crippen LogP contribution in [0.15, 0.2) is 108 Å². The summed E-state index contributed by atoms with van der Waals surface area (Å²) in [7, 11) is -4.26. The van der Waals surface area contributed by atoms with Gasteiger partial charge in [-0.15, -0.1) is 0 Å². The van der Waals surface area contributed by atoms with Crippen molar-refractivity contribution in [3.05, 3.63) is 130 Å². The van der Waals surface area contributed by atoms with Gasteiger partial charge >= 0.3 is 0 Å². The number of carbonyl (C=O) groups excluding carboxylic acids is 2. The van der Waals surface area contributed by atoms with E-state index in [-0.39, 0.29) is 40.5 Å². The highest BCUT2D eigenvalue weighted by Gasteiger charge is 2.35. The van der Waals surface area contributed by atoms with Gasteiger partial charge in [0.05, 0.1) is 15.6 Å². The van der Waals surface area contributed by atoms with Crippen LogP contribution in [0.2, 0.25) is 10.0 Å². The molecule has 10 heteroatoms. The summed E-state index contributed by atoms with van der Waals surface area (Å²) in [6.07, 6.45) is 0.896. The van der Waals surface area contributed by atoms with Crippen LogP contribution in [0.25, 0.3) is 0 Å². The van der Waals surface area contributed by atoms with Crippen LogP contribution in [0.3, 0.4) is 0 Å². The molecule has 0 aliphatic carbocycles. The number of aryl methyl sites for hydroxylation is 1. The third-order valence-corrected chi connectivity index (χ3v) is 10.0. The number of sulfonamides is 1. The summed E-state index contributed by atoms with van der Waals surface area (Å²) in [6.45, 7) is 5.08. The summed E-state index contributed by atoms with van der Waals surface area (Å²) in [5, 5.41) is 3.61. The average molecular weight is 667 g/mol. The first-order valence-corrected chi connectivity index (χ1v) is 16.9. The van der Waals surface area contributed by atoms with E-state index in [1.165, 1.54) is 17.0 Å². The summed E-state index contributed by atoms with van der Waals surface area (Å²) < 4.78 is 29.3. The van der Waals surface area contributed by atoms with E-state index in [9.17, 15) is 18.0 Å². The van der Waals surface area contributed by atoms with E-state index in [1.807, 2.05) is 51.1 Å². The van der Waals surface area contributed by atoms with Crippen molar-refractivity contribution >= 4 is 50.7 Å². The second-order valence-electron chi connectivity index (χ2n) is 10.9. The van der Waals surface area contributed by atoms with Gasteiger partial charge in [-0.25, -0.2) is 8.42 Å². The Kier molecular flexibility index (Phi) is 11.7. The predicted octanol–water partition coefficient (Wildman–Crippen LogP) is 7.05. The first-order valence-electron chi connectivity index (χ1n) is 14.7. The second kappa shape index (κ2) is 15.4. The monoisotopic (exact) mass is 665 g/mol. The van der Waals surface area contributed by atoms with Crippen molar-refractivity contribution in [3.8, 4) is 0 Å². The van der Waals surface area contributed by atoms with Crippen LogP contribution in [-0.4, -0.2) is 43.8 Å². The molecule has 4 rings (SSSR count). The minimum Gasteiger partial charge on any atom is -0.352 e. The van der Waals surface area contributed by atoms with Gasteiger partial charge < -0.3 is 10.2 Å². The Balaban J connectivity index is 1.83. The number of amides is 2. The predicted molar refractivity (Wildman–Crippen MR) is 181 cm³/mol. The third kappa shape index (κ3) is 8.66. The van der Waals surface area contributed by atoms with Crippen LogP contribution >= 0.6 is 23.2 Å². The fraction of sp³-hybridized carbons (Fsp3) is 0.257. The lowest BCUT2D eigenvalue weighted by Crippen LogP contribution is -2.54. The fourth-order valence-corrected chi connectivity index (χ4v) is 6.73. The van der Waals surface area contributed by atoms with E-state index in [2.05, 4.69) is 5.32 Å². The van der Waals surface area contributed by atoms with E-state index >= 15 is 0 Å². The summed E-state index contributed by atoms with van der Waals surface area (Å²) >= 11 is 13.1. The van der Waals surface area contributed by atoms with Crippen molar-refractivity contribution in [2.45, 2.75) is 57.1 Å². The first kappa shape index (κ1) is 34.0. The van der Waals surface area contributed by atoms with Crippen molar-refractivity contribution in [1.29, 1.82) is 0 Å². The van der Waals surface area contributed by atoms with Crippen LogP contribution in [0.1, 0.15) is 37.0 Å². The van der Waals surface area contributed by atoms with Crippen LogP contribution in [-0.2, 0) is 32.6 Å². The van der Waals surface area contributed by atoms with Gasteiger partial charge in [-0.1, -0.05) is 108 Å². The van der Waals surface area contributed by atoms with Gasteiger partial charge in [0.25, 0.3) is 10.0 Å². The molecule has 0 heterocycles. The zero-order chi connectivity index (χ0) is 32.6. The smallest absolute Gasteiger partial charge is 0.264 e. The number of nitrogens with one attached hydrogen (secondary N) is 1. The molecular formula is C35H37Cl2N3O4S. The van der Waals surface area contributed by atoms with Crippen LogP contribution < -0.4 is 9.62 Å². The molecule has 0 radical (unpaired) electrons. The Morgan fingerprint density at radius 3 is 2.04 bits per heavy atom. The molecule has 0 saturated carbocycles. The normalized spacial score (nSPS) is 12.6. The minimum atomic E-state index is -4.26. The molecule has 2 amide bonds. The maximum Gasteiger partial charge on any atom is 0.264 e. The number of hydrogen-bond donors (Lipinski definition) is 1. The Morgan fingerprint density at radius 1 is 0.822 bits per heavy atom. The molecule has 0 aliphatic heterocycles. The Hall–Kier alpha value is -3.85. The fourth-order valence-electron chi connectivity index (χ4n) is 4.81. The van der Waals surface area contributed by atoms with Crippen molar-refractivity contribution in [2.75, 3.05) is 10.8 Å². The lowest BCUT2D eigenvalue weighted by Gasteiger charge is -2.34. The second-order valence-corrected chi connectivity index (χ2v) is 13.6. The number of halogens is 2. The molecule has 0 bridgehead atoms. The quantitative estimate of drug-likeness (QED) is 0.166. The number of nitrogens with zero attached hydrogens (tertiary/aromatic N) is 2. The molecule has 0 fully saturated rings. The van der Waals surface area contributed by atoms with E-state index in [0.717, 1.165) is 15.4 Å². The standard InChI is InChI=1S/C35H37Cl2N3O4S/c1-4-26(3)38-35(42)33(22-27-12-6-5-7-13-27)39(23-28-14-8-9-15-30(28)36)34(41)24-40(32-17-11-10-16-31(32)37)45(43,44)29-20-18-25(2)19-21-29/h5-21,26,33H,4,22-24H2,1-3H3,(H,38,42)/t26-,33+/m1/s1. The minimum absolute atomic E-state index is 0.00817. The molecule has 0 spiro atoms. The molecule has 0 unspecified atom stereocenters. The zero-order valence-electron chi connectivity index (χ0n) is 25.5. The molecule has 0 saturated heterocycles. The molecule has 7 nitrogen and oxygen atoms in total. The maximum absolute atomic E-state index is 14.5. The number of carbonyl (C=O) groups is 2. The van der Waals surface area contributed by atoms with Crippen LogP contribution in [0, 0.1) is 6.92 Å². The third-order valence-electron chi connectivity index (χ3n) is 7.58. The molecule has 45 heavy (non-hydrogen) atoms. The van der Waals surface area contributed by atoms with Gasteiger partial charge in [0, 0.05) is 24.0 Å². The van der Waals surface area contributed by atoms with Crippen molar-refractivity contribution < 1.29 is 18.0 Å². The molecule has 1 N–H and O–H groups in total. The van der Waals surface area contributed by atoms with Crippen LogP contribution in [0.4, 0.5) is 5.69 Å². The summed E-state index contributed by atoms with van der Waals surface area (Å²) in [4.78, 5) is 29.9. The van der Waals surface area contributed by atoms with Gasteiger partial charge in [-0.3, -0.25) is 13.9 Å². The van der Waals surface area contributed by atoms with Gasteiger partial charge in [0.2, 0.25) is 11.8 Å². The van der Waals surface area contributed by atoms with Crippen molar-refractivity contribution in [2.24, 2.45) is 0 Å². The molecule has 236 valence electrons. The van der Waals surface area contributed by atoms with E-state index in [4.69, 9.17) is 23.2 Å². The highest BCUT2D eigenvalue weighted by molar-refractivity contribution is 7.92. The molecule has 0 aromatic heterocycles. The summed E-state index contributed by atoms with van der Waals surface area (Å²) in [6, 6.07) is 28.2. The van der Waals surface area contributed by atoms with Crippen molar-refractivity contribution in [1.82, 2.24) is 10.2 Å². The molecule has 2 atom stereocenters. The largest absolute Gasteiger partial charge is 0.352 e. The number of benzene rings is 4. The number of rotatable bonds is 13. The summed E-state index contributed by atoms with van der Waals surface area (Å²) in [5.41, 5.74) is 2.49. The topological polar surface area (TPSA) is 86.8 Å². The molecule has 0 aliphatic rings. The maximum atomic E-state index is 14.5. The molecular weight excluding hydrogens is 629 g/mol. The lowest BCUT2D eigenvalue weighted by atomic mass is 10.0. The van der Waals surface area contributed by atoms with E-state index in [0.29, 0.717) is 17.0 Å². The van der Waals surface area contributed by atoms with Gasteiger partial charge in [-0.2, -0.15) is 0 Å². The van der Waals surface area contributed by atoms with Gasteiger partial charge in [0.15, 0.2) is 0 Å². The molecule has 4 aromatic rings. The van der Waals surface area contributed by atoms with E-state index < -0.39 is 28.5 Å². The molecule has 4 aromatic carbocycles.